The SMILES string of the molecule is COc1ccc(N(C(=O)OC(C)(C)C)c2cc(NC3CC3)c3ncc(Br)n3n2)cc1OC. The molecular weight excluding hydrogens is 478 g/mol. The lowest BCUT2D eigenvalue weighted by atomic mass is 10.2. The first-order chi connectivity index (χ1) is 15.2. The van der Waals surface area contributed by atoms with Crippen LogP contribution in [0.2, 0.25) is 0 Å². The van der Waals surface area contributed by atoms with Crippen LogP contribution in [0.25, 0.3) is 5.65 Å². The fraction of sp³-hybridized carbons (Fsp3) is 0.409. The maximum atomic E-state index is 13.4. The van der Waals surface area contributed by atoms with Crippen molar-refractivity contribution in [1.29, 1.82) is 0 Å². The largest absolute Gasteiger partial charge is 0.493 e. The van der Waals surface area contributed by atoms with Crippen molar-refractivity contribution in [3.8, 4) is 11.5 Å². The van der Waals surface area contributed by atoms with Gasteiger partial charge in [0.25, 0.3) is 0 Å². The summed E-state index contributed by atoms with van der Waals surface area (Å²) in [5.41, 5.74) is 1.29. The van der Waals surface area contributed by atoms with Gasteiger partial charge >= 0.3 is 6.09 Å². The third-order valence-corrected chi connectivity index (χ3v) is 5.32. The Labute approximate surface area is 194 Å². The highest BCUT2D eigenvalue weighted by atomic mass is 79.9. The number of nitrogens with one attached hydrogen (secondary N) is 1. The van der Waals surface area contributed by atoms with Crippen molar-refractivity contribution in [3.63, 3.8) is 0 Å². The van der Waals surface area contributed by atoms with E-state index < -0.39 is 11.7 Å². The second-order valence-corrected chi connectivity index (χ2v) is 9.32. The van der Waals surface area contributed by atoms with Gasteiger partial charge in [-0.2, -0.15) is 0 Å². The lowest BCUT2D eigenvalue weighted by Gasteiger charge is -2.27. The van der Waals surface area contributed by atoms with Crippen LogP contribution < -0.4 is 19.7 Å². The second-order valence-electron chi connectivity index (χ2n) is 8.51. The fourth-order valence-corrected chi connectivity index (χ4v) is 3.54. The molecule has 0 unspecified atom stereocenters. The van der Waals surface area contributed by atoms with E-state index in [4.69, 9.17) is 14.2 Å². The maximum absolute atomic E-state index is 13.4. The van der Waals surface area contributed by atoms with Crippen LogP contribution in [0.3, 0.4) is 0 Å². The van der Waals surface area contributed by atoms with Gasteiger partial charge in [-0.15, -0.1) is 5.10 Å². The van der Waals surface area contributed by atoms with Crippen LogP contribution in [0, 0.1) is 0 Å². The van der Waals surface area contributed by atoms with Crippen molar-refractivity contribution in [2.24, 2.45) is 0 Å². The number of ether oxygens (including phenoxy) is 3. The van der Waals surface area contributed by atoms with Crippen LogP contribution in [0.4, 0.5) is 22.0 Å². The van der Waals surface area contributed by atoms with Gasteiger partial charge in [0.2, 0.25) is 0 Å². The molecule has 4 rings (SSSR count). The van der Waals surface area contributed by atoms with E-state index in [1.165, 1.54) is 4.90 Å². The van der Waals surface area contributed by atoms with Crippen molar-refractivity contribution in [2.75, 3.05) is 24.4 Å². The van der Waals surface area contributed by atoms with Gasteiger partial charge in [0.05, 0.1) is 31.8 Å². The van der Waals surface area contributed by atoms with Crippen LogP contribution in [0.1, 0.15) is 33.6 Å². The highest BCUT2D eigenvalue weighted by Crippen LogP contribution is 2.37. The standard InChI is InChI=1S/C22H26BrN5O4/c1-22(2,3)32-21(29)27(14-8-9-16(30-4)17(10-14)31-5)19-11-15(25-13-6-7-13)20-24-12-18(23)28(20)26-19/h8-13,25H,6-7H2,1-5H3. The van der Waals surface area contributed by atoms with Crippen molar-refractivity contribution in [3.05, 3.63) is 35.1 Å². The zero-order valence-corrected chi connectivity index (χ0v) is 20.3. The molecule has 1 aromatic carbocycles. The number of aromatic nitrogens is 3. The predicted molar refractivity (Wildman–Crippen MR) is 125 cm³/mol. The number of anilines is 3. The number of carbonyl (C=O) groups is 1. The molecule has 0 atom stereocenters. The molecule has 3 aromatic rings. The number of imidazole rings is 1. The Balaban J connectivity index is 1.87. The van der Waals surface area contributed by atoms with E-state index in [0.717, 1.165) is 18.5 Å². The van der Waals surface area contributed by atoms with E-state index in [1.54, 1.807) is 43.1 Å². The predicted octanol–water partition coefficient (Wildman–Crippen LogP) is 5.16. The van der Waals surface area contributed by atoms with Crippen molar-refractivity contribution >= 4 is 44.9 Å². The summed E-state index contributed by atoms with van der Waals surface area (Å²) in [5.74, 6) is 1.41. The van der Waals surface area contributed by atoms with Gasteiger partial charge in [0.1, 0.15) is 10.2 Å². The number of nitrogens with zero attached hydrogens (tertiary/aromatic N) is 4. The molecule has 1 N–H and O–H groups in total. The van der Waals surface area contributed by atoms with Gasteiger partial charge in [0.15, 0.2) is 23.0 Å². The summed E-state index contributed by atoms with van der Waals surface area (Å²) in [6, 6.07) is 7.41. The second kappa shape index (κ2) is 8.50. The third-order valence-electron chi connectivity index (χ3n) is 4.78. The Hall–Kier alpha value is -3.01. The number of halogens is 1. The third kappa shape index (κ3) is 4.59. The summed E-state index contributed by atoms with van der Waals surface area (Å²) in [5, 5.41) is 8.15. The molecule has 0 spiro atoms. The normalized spacial score (nSPS) is 13.7. The summed E-state index contributed by atoms with van der Waals surface area (Å²) in [6.07, 6.45) is 3.30. The number of methoxy groups -OCH3 is 2. The topological polar surface area (TPSA) is 90.2 Å². The number of amides is 1. The number of carbonyl (C=O) groups excluding carboxylic acids is 1. The zero-order valence-electron chi connectivity index (χ0n) is 18.7. The summed E-state index contributed by atoms with van der Waals surface area (Å²) in [6.45, 7) is 5.46. The van der Waals surface area contributed by atoms with Gasteiger partial charge in [-0.05, 0) is 61.7 Å². The quantitative estimate of drug-likeness (QED) is 0.496. The van der Waals surface area contributed by atoms with Crippen molar-refractivity contribution < 1.29 is 19.0 Å². The molecule has 1 fully saturated rings. The molecule has 1 saturated carbocycles. The first-order valence-corrected chi connectivity index (χ1v) is 11.1. The Morgan fingerprint density at radius 3 is 2.53 bits per heavy atom. The molecule has 0 aliphatic heterocycles. The van der Waals surface area contributed by atoms with E-state index in [2.05, 4.69) is 31.3 Å². The highest BCUT2D eigenvalue weighted by molar-refractivity contribution is 9.10. The lowest BCUT2D eigenvalue weighted by molar-refractivity contribution is 0.0598. The fourth-order valence-electron chi connectivity index (χ4n) is 3.19. The first kappa shape index (κ1) is 22.2. The summed E-state index contributed by atoms with van der Waals surface area (Å²) >= 11 is 3.49. The van der Waals surface area contributed by atoms with Gasteiger partial charge < -0.3 is 19.5 Å². The Morgan fingerprint density at radius 1 is 1.19 bits per heavy atom. The molecule has 1 amide bonds. The van der Waals surface area contributed by atoms with Crippen LogP contribution in [-0.4, -0.2) is 46.6 Å². The van der Waals surface area contributed by atoms with Crippen molar-refractivity contribution in [1.82, 2.24) is 14.6 Å². The smallest absolute Gasteiger partial charge is 0.420 e. The van der Waals surface area contributed by atoms with Gasteiger partial charge in [-0.25, -0.2) is 19.2 Å². The van der Waals surface area contributed by atoms with Crippen molar-refractivity contribution in [2.45, 2.75) is 45.3 Å². The molecule has 0 bridgehead atoms. The maximum Gasteiger partial charge on any atom is 0.420 e. The van der Waals surface area contributed by atoms with E-state index in [9.17, 15) is 4.79 Å². The van der Waals surface area contributed by atoms with E-state index in [0.29, 0.717) is 39.3 Å². The van der Waals surface area contributed by atoms with E-state index >= 15 is 0 Å². The number of hydrogen-bond donors (Lipinski definition) is 1. The molecule has 32 heavy (non-hydrogen) atoms. The Morgan fingerprint density at radius 2 is 1.91 bits per heavy atom. The highest BCUT2D eigenvalue weighted by Gasteiger charge is 2.29. The molecule has 10 heteroatoms. The number of benzene rings is 1. The molecule has 1 aliphatic carbocycles. The number of fused-ring (bicyclic) bond motifs is 1. The molecule has 2 heterocycles. The molecule has 1 aliphatic rings. The van der Waals surface area contributed by atoms with Crippen LogP contribution in [0.5, 0.6) is 11.5 Å². The molecule has 0 radical (unpaired) electrons. The number of rotatable bonds is 6. The molecule has 9 nitrogen and oxygen atoms in total. The van der Waals surface area contributed by atoms with Crippen LogP contribution in [0.15, 0.2) is 35.1 Å². The van der Waals surface area contributed by atoms with E-state index in [-0.39, 0.29) is 0 Å². The molecular formula is C22H26BrN5O4. The monoisotopic (exact) mass is 503 g/mol. The van der Waals surface area contributed by atoms with Gasteiger partial charge in [0, 0.05) is 18.2 Å². The minimum Gasteiger partial charge on any atom is -0.493 e. The van der Waals surface area contributed by atoms with Gasteiger partial charge in [-0.1, -0.05) is 0 Å². The summed E-state index contributed by atoms with van der Waals surface area (Å²) in [4.78, 5) is 19.2. The van der Waals surface area contributed by atoms with Crippen LogP contribution in [-0.2, 0) is 4.74 Å². The first-order valence-electron chi connectivity index (χ1n) is 10.3. The summed E-state index contributed by atoms with van der Waals surface area (Å²) < 4.78 is 18.8. The minimum absolute atomic E-state index is 0.376. The van der Waals surface area contributed by atoms with Crippen LogP contribution >= 0.6 is 15.9 Å². The van der Waals surface area contributed by atoms with E-state index in [1.807, 2.05) is 26.8 Å². The average Bonchev–Trinajstić information content (AvgIpc) is 3.47. The zero-order chi connectivity index (χ0) is 23.0. The van der Waals surface area contributed by atoms with Gasteiger partial charge in [-0.3, -0.25) is 0 Å². The molecule has 170 valence electrons. The number of hydrogen-bond acceptors (Lipinski definition) is 7. The Kier molecular flexibility index (Phi) is 5.89. The summed E-state index contributed by atoms with van der Waals surface area (Å²) in [7, 11) is 3.11. The Bertz CT molecular complexity index is 1150. The average molecular weight is 504 g/mol. The lowest BCUT2D eigenvalue weighted by Crippen LogP contribution is -2.34. The minimum atomic E-state index is -0.694. The molecule has 0 saturated heterocycles. The molecule has 2 aromatic heterocycles.